The van der Waals surface area contributed by atoms with Crippen molar-refractivity contribution in [3.8, 4) is 0 Å². The maximum Gasteiger partial charge on any atom is 0.0212 e. The largest absolute Gasteiger partial charge is 0.222 e. The second-order valence-corrected chi connectivity index (χ2v) is 9.06. The monoisotopic (exact) mass is 214 g/mol. The highest BCUT2D eigenvalue weighted by atomic mass is 32.3. The van der Waals surface area contributed by atoms with E-state index in [0.29, 0.717) is 0 Å². The van der Waals surface area contributed by atoms with E-state index >= 15 is 0 Å². The van der Waals surface area contributed by atoms with Gasteiger partial charge >= 0.3 is 0 Å². The summed E-state index contributed by atoms with van der Waals surface area (Å²) in [5.41, 5.74) is 0. The summed E-state index contributed by atoms with van der Waals surface area (Å²) >= 11 is 10.9. The molecule has 1 aliphatic heterocycles. The summed E-state index contributed by atoms with van der Waals surface area (Å²) in [7, 11) is -0.366. The maximum absolute atomic E-state index is 4.41. The van der Waals surface area contributed by atoms with E-state index in [9.17, 15) is 0 Å². The van der Waals surface area contributed by atoms with Crippen molar-refractivity contribution in [1.82, 2.24) is 0 Å². The van der Waals surface area contributed by atoms with Crippen molar-refractivity contribution in [3.05, 3.63) is 0 Å². The Kier molecular flexibility index (Phi) is 4.20. The number of thioether (sulfide) groups is 1. The topological polar surface area (TPSA) is 0 Å². The van der Waals surface area contributed by atoms with Crippen LogP contribution in [0.4, 0.5) is 0 Å². The molecule has 0 nitrogen and oxygen atoms in total. The van der Waals surface area contributed by atoms with Gasteiger partial charge in [-0.25, -0.2) is 10.0 Å². The molecule has 0 aliphatic carbocycles. The van der Waals surface area contributed by atoms with Gasteiger partial charge in [-0.1, -0.05) is 0 Å². The molecule has 0 aromatic rings. The fraction of sp³-hybridized carbons (Fsp3) is 1.00. The van der Waals surface area contributed by atoms with Gasteiger partial charge in [0.15, 0.2) is 0 Å². The van der Waals surface area contributed by atoms with Gasteiger partial charge in [0.25, 0.3) is 0 Å². The van der Waals surface area contributed by atoms with Gasteiger partial charge in [0, 0.05) is 21.7 Å². The average molecular weight is 214 g/mol. The van der Waals surface area contributed by atoms with Crippen molar-refractivity contribution in [1.29, 1.82) is 0 Å². The number of rotatable bonds is 2. The van der Waals surface area contributed by atoms with E-state index in [0.717, 1.165) is 10.2 Å². The Morgan fingerprint density at radius 2 is 1.60 bits per heavy atom. The summed E-state index contributed by atoms with van der Waals surface area (Å²) < 4.78 is 0. The summed E-state index contributed by atoms with van der Waals surface area (Å²) in [5.74, 6) is 5.47. The molecule has 0 N–H and O–H groups in total. The molecule has 0 radical (unpaired) electrons. The summed E-state index contributed by atoms with van der Waals surface area (Å²) in [6.45, 7) is 0. The minimum atomic E-state index is -0.366. The van der Waals surface area contributed by atoms with E-state index in [1.807, 2.05) is 0 Å². The molecule has 0 aromatic heterocycles. The zero-order valence-corrected chi connectivity index (χ0v) is 9.38. The third-order valence-electron chi connectivity index (χ3n) is 1.87. The minimum Gasteiger partial charge on any atom is -0.222 e. The van der Waals surface area contributed by atoms with Crippen LogP contribution in [0.1, 0.15) is 0 Å². The van der Waals surface area contributed by atoms with Crippen molar-refractivity contribution in [2.24, 2.45) is 0 Å². The molecular weight excluding hydrogens is 200 g/mol. The molecule has 0 atom stereocenters. The van der Waals surface area contributed by atoms with Gasteiger partial charge in [-0.3, -0.25) is 0 Å². The van der Waals surface area contributed by atoms with E-state index in [-0.39, 0.29) is 10.0 Å². The standard InChI is InChI=1S/C6H14S4/c7-5-10(6-8)3-1-9-2-4-10/h7-8H,1-6H2. The number of hydrogen-bond donors (Lipinski definition) is 2. The van der Waals surface area contributed by atoms with Gasteiger partial charge in [0.2, 0.25) is 0 Å². The van der Waals surface area contributed by atoms with Gasteiger partial charge in [0.1, 0.15) is 0 Å². The number of hydrogen-bond acceptors (Lipinski definition) is 3. The zero-order valence-electron chi connectivity index (χ0n) is 5.95. The van der Waals surface area contributed by atoms with Crippen molar-refractivity contribution in [2.45, 2.75) is 0 Å². The van der Waals surface area contributed by atoms with Crippen molar-refractivity contribution in [2.75, 3.05) is 33.2 Å². The van der Waals surface area contributed by atoms with Crippen LogP contribution in [0.3, 0.4) is 0 Å². The van der Waals surface area contributed by atoms with Gasteiger partial charge < -0.3 is 0 Å². The van der Waals surface area contributed by atoms with Crippen LogP contribution in [0.25, 0.3) is 0 Å². The van der Waals surface area contributed by atoms with E-state index in [4.69, 9.17) is 0 Å². The fourth-order valence-electron chi connectivity index (χ4n) is 0.975. The predicted molar refractivity (Wildman–Crippen MR) is 62.4 cm³/mol. The molecule has 0 spiro atoms. The van der Waals surface area contributed by atoms with Crippen molar-refractivity contribution >= 4 is 47.0 Å². The van der Waals surface area contributed by atoms with Crippen LogP contribution < -0.4 is 0 Å². The van der Waals surface area contributed by atoms with Crippen LogP contribution >= 0.6 is 47.0 Å². The summed E-state index contributed by atoms with van der Waals surface area (Å²) in [6.07, 6.45) is 0. The van der Waals surface area contributed by atoms with Crippen LogP contribution in [-0.4, -0.2) is 33.2 Å². The molecule has 0 unspecified atom stereocenters. The third-order valence-corrected chi connectivity index (χ3v) is 9.89. The van der Waals surface area contributed by atoms with Gasteiger partial charge in [-0.2, -0.15) is 37.0 Å². The molecule has 10 heavy (non-hydrogen) atoms. The highest BCUT2D eigenvalue weighted by Crippen LogP contribution is 2.52. The Labute approximate surface area is 80.1 Å². The SMILES string of the molecule is SCS1(CS)CCSCC1. The molecule has 1 saturated heterocycles. The lowest BCUT2D eigenvalue weighted by Crippen LogP contribution is -2.20. The normalized spacial score (nSPS) is 27.8. The van der Waals surface area contributed by atoms with Crippen molar-refractivity contribution in [3.63, 3.8) is 0 Å². The lowest BCUT2D eigenvalue weighted by molar-refractivity contribution is 1.37. The number of thiol groups is 2. The highest BCUT2D eigenvalue weighted by molar-refractivity contribution is 8.42. The summed E-state index contributed by atoms with van der Waals surface area (Å²) in [5, 5.41) is 2.19. The van der Waals surface area contributed by atoms with Crippen LogP contribution in [0.5, 0.6) is 0 Å². The quantitative estimate of drug-likeness (QED) is 0.665. The molecule has 1 aliphatic rings. The molecular formula is C6H14S4. The Morgan fingerprint density at radius 1 is 1.10 bits per heavy atom. The van der Waals surface area contributed by atoms with Gasteiger partial charge in [-0.15, -0.1) is 0 Å². The lowest BCUT2D eigenvalue weighted by Gasteiger charge is -2.40. The molecule has 1 fully saturated rings. The first-order valence-electron chi connectivity index (χ1n) is 3.36. The Balaban J connectivity index is 2.44. The molecule has 0 saturated carbocycles. The minimum absolute atomic E-state index is 0.366. The zero-order chi connectivity index (χ0) is 7.45. The first kappa shape index (κ1) is 9.49. The second kappa shape index (κ2) is 4.43. The molecule has 4 heteroatoms. The molecule has 1 heterocycles. The maximum atomic E-state index is 4.41. The molecule has 0 bridgehead atoms. The summed E-state index contributed by atoms with van der Waals surface area (Å²) in [4.78, 5) is 0. The van der Waals surface area contributed by atoms with Crippen LogP contribution in [0, 0.1) is 0 Å². The Hall–Kier alpha value is 1.40. The smallest absolute Gasteiger partial charge is 0.0212 e. The van der Waals surface area contributed by atoms with Crippen LogP contribution in [-0.2, 0) is 0 Å². The van der Waals surface area contributed by atoms with Crippen LogP contribution in [0.2, 0.25) is 0 Å². The third kappa shape index (κ3) is 2.19. The predicted octanol–water partition coefficient (Wildman–Crippen LogP) is 2.31. The van der Waals surface area contributed by atoms with Gasteiger partial charge in [-0.05, 0) is 11.5 Å². The Bertz CT molecular complexity index is 91.9. The van der Waals surface area contributed by atoms with E-state index in [1.165, 1.54) is 23.0 Å². The Morgan fingerprint density at radius 3 is 1.90 bits per heavy atom. The average Bonchev–Trinajstić information content (AvgIpc) is 2.06. The summed E-state index contributed by atoms with van der Waals surface area (Å²) in [6, 6.07) is 0. The van der Waals surface area contributed by atoms with E-state index in [1.54, 1.807) is 0 Å². The van der Waals surface area contributed by atoms with E-state index < -0.39 is 0 Å². The van der Waals surface area contributed by atoms with E-state index in [2.05, 4.69) is 37.0 Å². The second-order valence-electron chi connectivity index (χ2n) is 2.50. The fourth-order valence-corrected chi connectivity index (χ4v) is 8.28. The molecule has 0 amide bonds. The highest BCUT2D eigenvalue weighted by Gasteiger charge is 2.23. The molecule has 0 aromatic carbocycles. The molecule has 1 rings (SSSR count). The lowest BCUT2D eigenvalue weighted by atomic mass is 10.9. The van der Waals surface area contributed by atoms with Crippen LogP contribution in [0.15, 0.2) is 0 Å². The van der Waals surface area contributed by atoms with Crippen molar-refractivity contribution < 1.29 is 0 Å². The first-order chi connectivity index (χ1) is 4.83. The van der Waals surface area contributed by atoms with Gasteiger partial charge in [0.05, 0.1) is 0 Å². The first-order valence-corrected chi connectivity index (χ1v) is 8.09. The molecule has 62 valence electrons.